The molecule has 2 N–H and O–H groups in total. The van der Waals surface area contributed by atoms with Gasteiger partial charge in [-0.2, -0.15) is 5.84 Å². The molecule has 1 saturated heterocycles. The summed E-state index contributed by atoms with van der Waals surface area (Å²) in [5.41, 5.74) is 1.81. The summed E-state index contributed by atoms with van der Waals surface area (Å²) in [5, 5.41) is 0. The van der Waals surface area contributed by atoms with Gasteiger partial charge in [-0.1, -0.05) is 12.1 Å². The van der Waals surface area contributed by atoms with E-state index in [-0.39, 0.29) is 0 Å². The van der Waals surface area contributed by atoms with Gasteiger partial charge in [0, 0.05) is 18.7 Å². The molecule has 1 unspecified atom stereocenters. The molecule has 0 aromatic heterocycles. The van der Waals surface area contributed by atoms with Crippen LogP contribution in [0.1, 0.15) is 24.3 Å². The Morgan fingerprint density at radius 3 is 2.62 bits per heavy atom. The van der Waals surface area contributed by atoms with Crippen molar-refractivity contribution in [2.45, 2.75) is 18.8 Å². The van der Waals surface area contributed by atoms with E-state index in [1.54, 1.807) is 12.1 Å². The largest absolute Gasteiger partial charge is 0.306 e. The van der Waals surface area contributed by atoms with E-state index in [1.807, 2.05) is 12.1 Å². The predicted molar refractivity (Wildman–Crippen MR) is 63.4 cm³/mol. The van der Waals surface area contributed by atoms with Crippen molar-refractivity contribution in [3.05, 3.63) is 34.7 Å². The van der Waals surface area contributed by atoms with Crippen LogP contribution in [0.2, 0.25) is 0 Å². The molecule has 86 valence electrons. The lowest BCUT2D eigenvalue weighted by Gasteiger charge is -2.29. The van der Waals surface area contributed by atoms with Gasteiger partial charge in [0.15, 0.2) is 4.87 Å². The van der Waals surface area contributed by atoms with Crippen molar-refractivity contribution in [1.29, 1.82) is 0 Å². The number of likely N-dealkylation sites (tertiary alicyclic amines) is 1. The molecule has 2 rings (SSSR count). The third-order valence-electron chi connectivity index (χ3n) is 3.24. The summed E-state index contributed by atoms with van der Waals surface area (Å²) in [6.45, 7) is 2.29. The summed E-state index contributed by atoms with van der Waals surface area (Å²) >= 11 is 0. The van der Waals surface area contributed by atoms with Crippen molar-refractivity contribution < 1.29 is 4.87 Å². The van der Waals surface area contributed by atoms with Crippen LogP contribution in [0, 0.1) is 4.91 Å². The maximum atomic E-state index is 10.9. The van der Waals surface area contributed by atoms with Gasteiger partial charge in [-0.3, -0.25) is 0 Å². The Labute approximate surface area is 95.6 Å². The van der Waals surface area contributed by atoms with Gasteiger partial charge in [0.1, 0.15) is 0 Å². The van der Waals surface area contributed by atoms with Crippen LogP contribution in [-0.4, -0.2) is 29.9 Å². The van der Waals surface area contributed by atoms with E-state index in [0.29, 0.717) is 16.5 Å². The first-order valence-electron chi connectivity index (χ1n) is 5.67. The topological polar surface area (TPSA) is 49.3 Å². The number of likely N-dealkylation sites (N-methyl/N-ethyl adjacent to an activating group) is 1. The number of piperidine rings is 1. The highest BCUT2D eigenvalue weighted by molar-refractivity contribution is 5.34. The maximum absolute atomic E-state index is 10.9. The molecule has 0 saturated carbocycles. The van der Waals surface area contributed by atoms with Crippen LogP contribution < -0.4 is 5.84 Å². The quantitative estimate of drug-likeness (QED) is 0.469. The molecule has 0 spiro atoms. The van der Waals surface area contributed by atoms with Crippen molar-refractivity contribution in [1.82, 2.24) is 4.90 Å². The molecule has 16 heavy (non-hydrogen) atoms. The van der Waals surface area contributed by atoms with E-state index in [2.05, 4.69) is 11.9 Å². The van der Waals surface area contributed by atoms with E-state index in [4.69, 9.17) is 5.84 Å². The zero-order valence-corrected chi connectivity index (χ0v) is 9.60. The van der Waals surface area contributed by atoms with Crippen molar-refractivity contribution in [3.8, 4) is 0 Å². The Morgan fingerprint density at radius 2 is 2.06 bits per heavy atom. The van der Waals surface area contributed by atoms with Gasteiger partial charge in [0.25, 0.3) is 5.69 Å². The molecule has 1 aromatic rings. The monoisotopic (exact) mass is 220 g/mol. The van der Waals surface area contributed by atoms with E-state index in [0.717, 1.165) is 6.54 Å². The Morgan fingerprint density at radius 1 is 1.38 bits per heavy atom. The second kappa shape index (κ2) is 4.61. The van der Waals surface area contributed by atoms with Crippen LogP contribution in [0.3, 0.4) is 0 Å². The fourth-order valence-electron chi connectivity index (χ4n) is 2.33. The third kappa shape index (κ3) is 2.39. The standard InChI is InChI=1S/C12H18N3O/c1-14-8-2-3-11(9-14)10-4-6-12(7-5-10)15(13)16/h4-7,11H,2-3,8-9H2,1H3,(H2,13,16)/q+1. The number of benzene rings is 1. The Bertz CT molecular complexity index is 374. The van der Waals surface area contributed by atoms with Crippen molar-refractivity contribution in [2.75, 3.05) is 20.1 Å². The Balaban J connectivity index is 2.11. The number of rotatable bonds is 2. The Hall–Kier alpha value is -1.42. The van der Waals surface area contributed by atoms with Gasteiger partial charge in [-0.15, -0.1) is 0 Å². The highest BCUT2D eigenvalue weighted by Gasteiger charge is 2.19. The fraction of sp³-hybridized carbons (Fsp3) is 0.500. The first kappa shape index (κ1) is 11.1. The summed E-state index contributed by atoms with van der Waals surface area (Å²) < 4.78 is 0. The van der Waals surface area contributed by atoms with Gasteiger partial charge >= 0.3 is 0 Å². The van der Waals surface area contributed by atoms with Crippen molar-refractivity contribution in [2.24, 2.45) is 5.84 Å². The molecular formula is C12H18N3O+. The zero-order valence-electron chi connectivity index (χ0n) is 9.60. The number of hydrazine groups is 1. The van der Waals surface area contributed by atoms with Crippen LogP contribution in [0.5, 0.6) is 0 Å². The average molecular weight is 220 g/mol. The molecule has 0 amide bonds. The maximum Gasteiger partial charge on any atom is 0.291 e. The lowest BCUT2D eigenvalue weighted by molar-refractivity contribution is -0.474. The summed E-state index contributed by atoms with van der Waals surface area (Å²) in [4.78, 5) is 13.6. The fourth-order valence-corrected chi connectivity index (χ4v) is 2.33. The second-order valence-electron chi connectivity index (χ2n) is 4.52. The highest BCUT2D eigenvalue weighted by atomic mass is 16.3. The van der Waals surface area contributed by atoms with Crippen LogP contribution >= 0.6 is 0 Å². The molecule has 0 radical (unpaired) electrons. The number of nitroso groups, excluding NO2 is 1. The third-order valence-corrected chi connectivity index (χ3v) is 3.24. The van der Waals surface area contributed by atoms with Gasteiger partial charge in [-0.25, -0.2) is 0 Å². The normalized spacial score (nSPS) is 21.9. The van der Waals surface area contributed by atoms with E-state index >= 15 is 0 Å². The van der Waals surface area contributed by atoms with Crippen LogP contribution in [-0.2, 0) is 0 Å². The summed E-state index contributed by atoms with van der Waals surface area (Å²) in [7, 11) is 2.15. The van der Waals surface area contributed by atoms with Crippen molar-refractivity contribution in [3.63, 3.8) is 0 Å². The van der Waals surface area contributed by atoms with Gasteiger partial charge in [0.05, 0.1) is 4.91 Å². The van der Waals surface area contributed by atoms with Gasteiger partial charge < -0.3 is 4.90 Å². The van der Waals surface area contributed by atoms with E-state index in [1.165, 1.54) is 24.9 Å². The Kier molecular flexibility index (Phi) is 3.19. The minimum absolute atomic E-state index is 0.400. The lowest BCUT2D eigenvalue weighted by Crippen LogP contribution is -2.30. The SMILES string of the molecule is CN1CCCC(c2ccc([N+](N)=O)cc2)C1. The minimum Gasteiger partial charge on any atom is -0.306 e. The number of nitrogens with zero attached hydrogens (tertiary/aromatic N) is 2. The summed E-state index contributed by atoms with van der Waals surface area (Å²) in [5.74, 6) is 5.72. The minimum atomic E-state index is 0.400. The molecule has 1 fully saturated rings. The summed E-state index contributed by atoms with van der Waals surface area (Å²) in [6, 6.07) is 7.60. The lowest BCUT2D eigenvalue weighted by atomic mass is 9.91. The van der Waals surface area contributed by atoms with Crippen LogP contribution in [0.4, 0.5) is 5.69 Å². The predicted octanol–water partition coefficient (Wildman–Crippen LogP) is 1.78. The van der Waals surface area contributed by atoms with E-state index < -0.39 is 0 Å². The molecule has 4 nitrogen and oxygen atoms in total. The molecule has 1 heterocycles. The zero-order chi connectivity index (χ0) is 11.5. The molecule has 4 heteroatoms. The molecule has 0 bridgehead atoms. The van der Waals surface area contributed by atoms with Gasteiger partial charge in [0.2, 0.25) is 0 Å². The molecular weight excluding hydrogens is 202 g/mol. The van der Waals surface area contributed by atoms with Crippen LogP contribution in [0.15, 0.2) is 24.3 Å². The average Bonchev–Trinajstić information content (AvgIpc) is 2.29. The number of hydrogen-bond donors (Lipinski definition) is 1. The molecule has 1 aliphatic rings. The first-order chi connectivity index (χ1) is 7.66. The molecule has 0 aliphatic carbocycles. The summed E-state index contributed by atoms with van der Waals surface area (Å²) in [6.07, 6.45) is 2.47. The molecule has 1 atom stereocenters. The molecule has 1 aliphatic heterocycles. The second-order valence-corrected chi connectivity index (χ2v) is 4.52. The van der Waals surface area contributed by atoms with Crippen LogP contribution in [0.25, 0.3) is 0 Å². The van der Waals surface area contributed by atoms with Gasteiger partial charge in [-0.05, 0) is 37.9 Å². The molecule has 1 aromatic carbocycles. The highest BCUT2D eigenvalue weighted by Crippen LogP contribution is 2.27. The first-order valence-corrected chi connectivity index (χ1v) is 5.67. The smallest absolute Gasteiger partial charge is 0.291 e. The van der Waals surface area contributed by atoms with E-state index in [9.17, 15) is 4.91 Å². The number of hydrogen-bond acceptors (Lipinski definition) is 2. The number of nitrogens with two attached hydrogens (primary N) is 1. The van der Waals surface area contributed by atoms with Crippen molar-refractivity contribution >= 4 is 5.69 Å².